The summed E-state index contributed by atoms with van der Waals surface area (Å²) in [6.45, 7) is 1.81. The van der Waals surface area contributed by atoms with Crippen molar-refractivity contribution in [2.45, 2.75) is 6.61 Å². The van der Waals surface area contributed by atoms with Gasteiger partial charge in [0, 0.05) is 31.9 Å². The van der Waals surface area contributed by atoms with Gasteiger partial charge in [-0.3, -0.25) is 0 Å². The average Bonchev–Trinajstić information content (AvgIpc) is 3.33. The van der Waals surface area contributed by atoms with E-state index in [1.165, 1.54) is 6.33 Å². The Morgan fingerprint density at radius 1 is 0.788 bits per heavy atom. The predicted molar refractivity (Wildman–Crippen MR) is 121 cm³/mol. The SMILES string of the molecule is COCCOc1cc2ncnc(OCc3cc(-c4ccccc4)no3)c2cc1OCCOC. The Labute approximate surface area is 191 Å². The fourth-order valence-electron chi connectivity index (χ4n) is 3.12. The number of ether oxygens (including phenoxy) is 5. The molecule has 0 N–H and O–H groups in total. The van der Waals surface area contributed by atoms with Gasteiger partial charge in [0.2, 0.25) is 5.88 Å². The lowest BCUT2D eigenvalue weighted by atomic mass is 10.1. The number of aromatic nitrogens is 3. The molecular weight excluding hydrogens is 426 g/mol. The maximum Gasteiger partial charge on any atom is 0.225 e. The standard InChI is InChI=1S/C24H25N3O6/c1-28-8-10-30-22-13-19-21(14-23(22)31-11-9-29-2)25-16-26-24(19)32-15-18-12-20(27-33-18)17-6-4-3-5-7-17/h3-7,12-14,16H,8-11,15H2,1-2H3. The highest BCUT2D eigenvalue weighted by atomic mass is 16.5. The van der Waals surface area contributed by atoms with Crippen LogP contribution in [0.3, 0.4) is 0 Å². The van der Waals surface area contributed by atoms with Crippen LogP contribution in [0.5, 0.6) is 17.4 Å². The maximum absolute atomic E-state index is 5.95. The Kier molecular flexibility index (Phi) is 7.68. The third kappa shape index (κ3) is 5.76. The number of fused-ring (bicyclic) bond motifs is 1. The minimum absolute atomic E-state index is 0.165. The zero-order chi connectivity index (χ0) is 22.9. The van der Waals surface area contributed by atoms with Crippen molar-refractivity contribution >= 4 is 10.9 Å². The minimum Gasteiger partial charge on any atom is -0.487 e. The molecule has 0 aliphatic carbocycles. The highest BCUT2D eigenvalue weighted by molar-refractivity contribution is 5.86. The highest BCUT2D eigenvalue weighted by Crippen LogP contribution is 2.35. The van der Waals surface area contributed by atoms with E-state index in [4.69, 9.17) is 28.2 Å². The van der Waals surface area contributed by atoms with Crippen LogP contribution in [0, 0.1) is 0 Å². The van der Waals surface area contributed by atoms with Gasteiger partial charge in [0.25, 0.3) is 0 Å². The van der Waals surface area contributed by atoms with Gasteiger partial charge in [0.05, 0.1) is 24.1 Å². The zero-order valence-electron chi connectivity index (χ0n) is 18.5. The van der Waals surface area contributed by atoms with E-state index < -0.39 is 0 Å². The van der Waals surface area contributed by atoms with Crippen molar-refractivity contribution in [3.63, 3.8) is 0 Å². The zero-order valence-corrected chi connectivity index (χ0v) is 18.5. The predicted octanol–water partition coefficient (Wildman–Crippen LogP) is 3.91. The highest BCUT2D eigenvalue weighted by Gasteiger charge is 2.14. The van der Waals surface area contributed by atoms with Crippen LogP contribution in [-0.4, -0.2) is 55.8 Å². The molecule has 2 heterocycles. The topological polar surface area (TPSA) is 98.0 Å². The van der Waals surface area contributed by atoms with Crippen LogP contribution >= 0.6 is 0 Å². The third-order valence-electron chi connectivity index (χ3n) is 4.73. The van der Waals surface area contributed by atoms with E-state index in [0.717, 1.165) is 11.3 Å². The maximum atomic E-state index is 5.95. The molecule has 0 saturated carbocycles. The van der Waals surface area contributed by atoms with Gasteiger partial charge in [0.15, 0.2) is 23.9 Å². The summed E-state index contributed by atoms with van der Waals surface area (Å²) in [6, 6.07) is 15.2. The van der Waals surface area contributed by atoms with E-state index in [2.05, 4.69) is 15.1 Å². The molecule has 4 rings (SSSR count). The van der Waals surface area contributed by atoms with E-state index in [0.29, 0.717) is 60.5 Å². The molecule has 0 aliphatic rings. The second-order valence-corrected chi connectivity index (χ2v) is 7.01. The number of nitrogens with zero attached hydrogens (tertiary/aromatic N) is 3. The van der Waals surface area contributed by atoms with Crippen LogP contribution < -0.4 is 14.2 Å². The molecule has 9 nitrogen and oxygen atoms in total. The lowest BCUT2D eigenvalue weighted by Gasteiger charge is -2.14. The van der Waals surface area contributed by atoms with Gasteiger partial charge in [0.1, 0.15) is 25.2 Å². The van der Waals surface area contributed by atoms with Crippen LogP contribution in [0.1, 0.15) is 5.76 Å². The van der Waals surface area contributed by atoms with E-state index >= 15 is 0 Å². The summed E-state index contributed by atoms with van der Waals surface area (Å²) in [6.07, 6.45) is 1.44. The fourth-order valence-corrected chi connectivity index (χ4v) is 3.12. The average molecular weight is 451 g/mol. The number of hydrogen-bond acceptors (Lipinski definition) is 9. The van der Waals surface area contributed by atoms with Crippen LogP contribution in [0.4, 0.5) is 0 Å². The van der Waals surface area contributed by atoms with Crippen LogP contribution in [0.2, 0.25) is 0 Å². The van der Waals surface area contributed by atoms with E-state index in [1.54, 1.807) is 26.4 Å². The molecule has 0 saturated heterocycles. The van der Waals surface area contributed by atoms with Crippen molar-refractivity contribution in [2.75, 3.05) is 40.6 Å². The first-order valence-corrected chi connectivity index (χ1v) is 10.4. The first kappa shape index (κ1) is 22.5. The first-order valence-electron chi connectivity index (χ1n) is 10.4. The summed E-state index contributed by atoms with van der Waals surface area (Å²) in [5, 5.41) is 4.80. The second-order valence-electron chi connectivity index (χ2n) is 7.01. The summed E-state index contributed by atoms with van der Waals surface area (Å²) >= 11 is 0. The quantitative estimate of drug-likeness (QED) is 0.297. The monoisotopic (exact) mass is 451 g/mol. The Hall–Kier alpha value is -3.69. The van der Waals surface area contributed by atoms with E-state index in [9.17, 15) is 0 Å². The van der Waals surface area contributed by atoms with Crippen molar-refractivity contribution in [3.8, 4) is 28.6 Å². The molecular formula is C24H25N3O6. The number of methoxy groups -OCH3 is 2. The molecule has 172 valence electrons. The Balaban J connectivity index is 1.54. The van der Waals surface area contributed by atoms with Crippen molar-refractivity contribution in [3.05, 3.63) is 60.6 Å². The molecule has 0 atom stereocenters. The first-order chi connectivity index (χ1) is 16.3. The second kappa shape index (κ2) is 11.3. The van der Waals surface area contributed by atoms with Crippen molar-refractivity contribution in [1.82, 2.24) is 15.1 Å². The largest absolute Gasteiger partial charge is 0.487 e. The van der Waals surface area contributed by atoms with Gasteiger partial charge >= 0.3 is 0 Å². The molecule has 0 amide bonds. The summed E-state index contributed by atoms with van der Waals surface area (Å²) in [5.41, 5.74) is 2.38. The smallest absolute Gasteiger partial charge is 0.225 e. The normalized spacial score (nSPS) is 11.0. The Morgan fingerprint density at radius 2 is 1.52 bits per heavy atom. The minimum atomic E-state index is 0.165. The van der Waals surface area contributed by atoms with Crippen molar-refractivity contribution < 1.29 is 28.2 Å². The van der Waals surface area contributed by atoms with Crippen LogP contribution in [0.25, 0.3) is 22.2 Å². The van der Waals surface area contributed by atoms with Gasteiger partial charge in [-0.2, -0.15) is 0 Å². The van der Waals surface area contributed by atoms with Gasteiger partial charge < -0.3 is 28.2 Å². The molecule has 0 bridgehead atoms. The molecule has 9 heteroatoms. The Bertz CT molecular complexity index is 1170. The molecule has 0 aliphatic heterocycles. The molecule has 0 spiro atoms. The van der Waals surface area contributed by atoms with Gasteiger partial charge in [-0.05, 0) is 6.07 Å². The third-order valence-corrected chi connectivity index (χ3v) is 4.73. The number of hydrogen-bond donors (Lipinski definition) is 0. The number of rotatable bonds is 12. The molecule has 33 heavy (non-hydrogen) atoms. The van der Waals surface area contributed by atoms with Gasteiger partial charge in [-0.15, -0.1) is 0 Å². The summed E-state index contributed by atoms with van der Waals surface area (Å²) in [5.74, 6) is 2.08. The van der Waals surface area contributed by atoms with Crippen LogP contribution in [-0.2, 0) is 16.1 Å². The fraction of sp³-hybridized carbons (Fsp3) is 0.292. The van der Waals surface area contributed by atoms with Crippen molar-refractivity contribution in [1.29, 1.82) is 0 Å². The molecule has 2 aromatic carbocycles. The van der Waals surface area contributed by atoms with E-state index in [1.807, 2.05) is 36.4 Å². The van der Waals surface area contributed by atoms with E-state index in [-0.39, 0.29) is 6.61 Å². The van der Waals surface area contributed by atoms with Gasteiger partial charge in [-0.25, -0.2) is 9.97 Å². The van der Waals surface area contributed by atoms with Crippen molar-refractivity contribution in [2.24, 2.45) is 0 Å². The summed E-state index contributed by atoms with van der Waals surface area (Å²) in [4.78, 5) is 8.64. The van der Waals surface area contributed by atoms with Gasteiger partial charge in [-0.1, -0.05) is 35.5 Å². The Morgan fingerprint density at radius 3 is 2.24 bits per heavy atom. The molecule has 0 unspecified atom stereocenters. The lowest BCUT2D eigenvalue weighted by Crippen LogP contribution is -2.09. The summed E-state index contributed by atoms with van der Waals surface area (Å²) < 4.78 is 33.2. The lowest BCUT2D eigenvalue weighted by molar-refractivity contribution is 0.132. The summed E-state index contributed by atoms with van der Waals surface area (Å²) in [7, 11) is 3.24. The molecule has 0 radical (unpaired) electrons. The number of benzene rings is 2. The molecule has 4 aromatic rings. The van der Waals surface area contributed by atoms with Crippen LogP contribution in [0.15, 0.2) is 59.4 Å². The molecule has 2 aromatic heterocycles. The molecule has 0 fully saturated rings.